The predicted octanol–water partition coefficient (Wildman–Crippen LogP) is 4.25. The highest BCUT2D eigenvalue weighted by Crippen LogP contribution is 2.28. The van der Waals surface area contributed by atoms with E-state index in [0.717, 1.165) is 22.3 Å². The van der Waals surface area contributed by atoms with Gasteiger partial charge in [-0.1, -0.05) is 29.3 Å². The number of carbonyl (C=O) groups is 2. The summed E-state index contributed by atoms with van der Waals surface area (Å²) >= 11 is 12.2. The fourth-order valence-electron chi connectivity index (χ4n) is 4.43. The van der Waals surface area contributed by atoms with E-state index in [1.807, 2.05) is 4.90 Å². The zero-order chi connectivity index (χ0) is 31.5. The second-order valence-corrected chi connectivity index (χ2v) is 14.5. The number of carboxylic acid groups (broad SMARTS) is 1. The van der Waals surface area contributed by atoms with Gasteiger partial charge in [-0.15, -0.1) is 0 Å². The van der Waals surface area contributed by atoms with Crippen LogP contribution in [0.3, 0.4) is 0 Å². The van der Waals surface area contributed by atoms with Gasteiger partial charge in [0, 0.05) is 60.7 Å². The van der Waals surface area contributed by atoms with Gasteiger partial charge in [0.25, 0.3) is 5.91 Å². The van der Waals surface area contributed by atoms with E-state index in [0.29, 0.717) is 28.7 Å². The summed E-state index contributed by atoms with van der Waals surface area (Å²) in [6.45, 7) is 1.37. The van der Waals surface area contributed by atoms with Crippen LogP contribution < -0.4 is 14.5 Å². The molecule has 1 heterocycles. The highest BCUT2D eigenvalue weighted by Gasteiger charge is 2.29. The molecular formula is C28H28Cl2N4O7S2. The van der Waals surface area contributed by atoms with Gasteiger partial charge in [-0.3, -0.25) is 9.10 Å². The van der Waals surface area contributed by atoms with Gasteiger partial charge in [0.15, 0.2) is 0 Å². The van der Waals surface area contributed by atoms with Crippen molar-refractivity contribution in [2.24, 2.45) is 0 Å². The van der Waals surface area contributed by atoms with Crippen LogP contribution in [0.1, 0.15) is 15.9 Å². The van der Waals surface area contributed by atoms with Crippen LogP contribution >= 0.6 is 23.2 Å². The van der Waals surface area contributed by atoms with E-state index in [4.69, 9.17) is 28.3 Å². The van der Waals surface area contributed by atoms with Crippen LogP contribution in [0.15, 0.2) is 71.6 Å². The minimum atomic E-state index is -3.82. The zero-order valence-corrected chi connectivity index (χ0v) is 26.2. The topological polar surface area (TPSA) is 144 Å². The average molecular weight is 668 g/mol. The monoisotopic (exact) mass is 666 g/mol. The number of piperazine rings is 1. The lowest BCUT2D eigenvalue weighted by Crippen LogP contribution is -2.48. The summed E-state index contributed by atoms with van der Waals surface area (Å²) in [5.74, 6) is -1.87. The van der Waals surface area contributed by atoms with Crippen molar-refractivity contribution in [1.82, 2.24) is 4.31 Å². The third kappa shape index (κ3) is 7.86. The van der Waals surface area contributed by atoms with Crippen molar-refractivity contribution in [2.45, 2.75) is 4.90 Å². The van der Waals surface area contributed by atoms with Crippen LogP contribution in [0.2, 0.25) is 10.0 Å². The predicted molar refractivity (Wildman–Crippen MR) is 168 cm³/mol. The molecule has 3 aromatic rings. The fourth-order valence-corrected chi connectivity index (χ4v) is 6.88. The van der Waals surface area contributed by atoms with Gasteiger partial charge < -0.3 is 15.3 Å². The first-order chi connectivity index (χ1) is 20.1. The molecule has 0 bridgehead atoms. The number of aliphatic carboxylic acids is 1. The molecule has 0 aromatic heterocycles. The molecule has 0 aliphatic carbocycles. The number of sulfonamides is 2. The summed E-state index contributed by atoms with van der Waals surface area (Å²) in [7, 11) is -6.26. The van der Waals surface area contributed by atoms with Crippen molar-refractivity contribution in [3.05, 3.63) is 87.9 Å². The molecule has 1 aliphatic heterocycles. The summed E-state index contributed by atoms with van der Waals surface area (Å²) in [6, 6.07) is 15.0. The molecule has 0 spiro atoms. The Morgan fingerprint density at radius 2 is 1.51 bits per heavy atom. The number of benzene rings is 3. The van der Waals surface area contributed by atoms with Crippen LogP contribution in [0.4, 0.5) is 17.1 Å². The highest BCUT2D eigenvalue weighted by atomic mass is 35.5. The van der Waals surface area contributed by atoms with Gasteiger partial charge >= 0.3 is 5.97 Å². The van der Waals surface area contributed by atoms with E-state index < -0.39 is 31.9 Å². The molecule has 3 aromatic carbocycles. The normalized spacial score (nSPS) is 14.6. The average Bonchev–Trinajstić information content (AvgIpc) is 2.95. The van der Waals surface area contributed by atoms with Crippen molar-refractivity contribution in [1.29, 1.82) is 0 Å². The van der Waals surface area contributed by atoms with E-state index >= 15 is 0 Å². The minimum absolute atomic E-state index is 0.0315. The number of halogens is 2. The van der Waals surface area contributed by atoms with Gasteiger partial charge in [-0.25, -0.2) is 21.6 Å². The van der Waals surface area contributed by atoms with Gasteiger partial charge in [0.1, 0.15) is 0 Å². The van der Waals surface area contributed by atoms with Crippen molar-refractivity contribution in [3.63, 3.8) is 0 Å². The first-order valence-electron chi connectivity index (χ1n) is 12.8. The first kappa shape index (κ1) is 32.3. The number of hydrogen-bond donors (Lipinski definition) is 2. The number of carbonyl (C=O) groups excluding carboxylic acids is 1. The van der Waals surface area contributed by atoms with Crippen LogP contribution in [-0.2, 0) is 24.8 Å². The fraction of sp³-hybridized carbons (Fsp3) is 0.214. The molecule has 1 fully saturated rings. The van der Waals surface area contributed by atoms with E-state index in [1.54, 1.807) is 18.2 Å². The van der Waals surface area contributed by atoms with Crippen molar-refractivity contribution < 1.29 is 31.5 Å². The molecule has 2 N–H and O–H groups in total. The Labute approximate surface area is 260 Å². The van der Waals surface area contributed by atoms with E-state index in [9.17, 15) is 26.4 Å². The number of anilines is 3. The lowest BCUT2D eigenvalue weighted by atomic mass is 10.1. The lowest BCUT2D eigenvalue weighted by molar-refractivity contribution is -0.131. The number of rotatable bonds is 9. The summed E-state index contributed by atoms with van der Waals surface area (Å²) in [4.78, 5) is 26.2. The number of amides is 1. The Hall–Kier alpha value is -3.62. The second kappa shape index (κ2) is 12.9. The van der Waals surface area contributed by atoms with Gasteiger partial charge in [0.05, 0.1) is 22.4 Å². The van der Waals surface area contributed by atoms with Crippen LogP contribution in [0.5, 0.6) is 0 Å². The van der Waals surface area contributed by atoms with Gasteiger partial charge in [0.2, 0.25) is 20.0 Å². The molecule has 1 aliphatic rings. The maximum absolute atomic E-state index is 13.3. The van der Waals surface area contributed by atoms with Crippen molar-refractivity contribution >= 4 is 78.3 Å². The Morgan fingerprint density at radius 3 is 2.07 bits per heavy atom. The second-order valence-electron chi connectivity index (χ2n) is 9.68. The molecular weight excluding hydrogens is 639 g/mol. The Morgan fingerprint density at radius 1 is 0.907 bits per heavy atom. The quantitative estimate of drug-likeness (QED) is 0.323. The standard InChI is InChI=1S/C28H28Cl2N4O7S2/c1-32(42(2,38)39)26-9-3-19(4-10-27(35)36)15-25(26)28(37)31-22-5-7-24(8-6-22)43(40,41)34-13-11-33(12-14-34)23-17-20(29)16-21(30)18-23/h3-10,15-18H,11-14H2,1-2H3,(H,31,37)(H,35,36)/b10-4+. The highest BCUT2D eigenvalue weighted by molar-refractivity contribution is 7.92. The summed E-state index contributed by atoms with van der Waals surface area (Å²) in [6.07, 6.45) is 3.15. The lowest BCUT2D eigenvalue weighted by Gasteiger charge is -2.35. The smallest absolute Gasteiger partial charge is 0.328 e. The maximum atomic E-state index is 13.3. The Kier molecular flexibility index (Phi) is 9.72. The van der Waals surface area contributed by atoms with Crippen molar-refractivity contribution in [2.75, 3.05) is 54.0 Å². The van der Waals surface area contributed by atoms with Crippen molar-refractivity contribution in [3.8, 4) is 0 Å². The maximum Gasteiger partial charge on any atom is 0.328 e. The molecule has 228 valence electrons. The summed E-state index contributed by atoms with van der Waals surface area (Å²) in [5, 5.41) is 12.6. The van der Waals surface area contributed by atoms with E-state index in [1.165, 1.54) is 59.9 Å². The summed E-state index contributed by atoms with van der Waals surface area (Å²) in [5.41, 5.74) is 1.48. The number of nitrogens with one attached hydrogen (secondary N) is 1. The third-order valence-electron chi connectivity index (χ3n) is 6.72. The number of hydrogen-bond acceptors (Lipinski definition) is 7. The SMILES string of the molecule is CN(c1ccc(/C=C/C(=O)O)cc1C(=O)Nc1ccc(S(=O)(=O)N2CCN(c3cc(Cl)cc(Cl)c3)CC2)cc1)S(C)(=O)=O. The molecule has 0 atom stereocenters. The number of carboxylic acids is 1. The molecule has 0 unspecified atom stereocenters. The molecule has 43 heavy (non-hydrogen) atoms. The minimum Gasteiger partial charge on any atom is -0.478 e. The zero-order valence-electron chi connectivity index (χ0n) is 23.1. The molecule has 1 amide bonds. The molecule has 15 heteroatoms. The third-order valence-corrected chi connectivity index (χ3v) is 10.3. The first-order valence-corrected chi connectivity index (χ1v) is 16.8. The van der Waals surface area contributed by atoms with Gasteiger partial charge in [-0.05, 0) is 66.2 Å². The molecule has 4 rings (SSSR count). The van der Waals surface area contributed by atoms with Crippen LogP contribution in [0.25, 0.3) is 6.08 Å². The molecule has 11 nitrogen and oxygen atoms in total. The molecule has 0 radical (unpaired) electrons. The largest absolute Gasteiger partial charge is 0.478 e. The Balaban J connectivity index is 1.50. The number of nitrogens with zero attached hydrogens (tertiary/aromatic N) is 3. The Bertz CT molecular complexity index is 1770. The molecule has 0 saturated carbocycles. The molecule has 1 saturated heterocycles. The van der Waals surface area contributed by atoms with E-state index in [-0.39, 0.29) is 34.9 Å². The van der Waals surface area contributed by atoms with Crippen LogP contribution in [0, 0.1) is 0 Å². The van der Waals surface area contributed by atoms with E-state index in [2.05, 4.69) is 5.32 Å². The van der Waals surface area contributed by atoms with Gasteiger partial charge in [-0.2, -0.15) is 4.31 Å². The van der Waals surface area contributed by atoms with Crippen LogP contribution in [-0.4, -0.2) is 77.6 Å². The summed E-state index contributed by atoms with van der Waals surface area (Å²) < 4.78 is 53.3.